The van der Waals surface area contributed by atoms with Crippen molar-refractivity contribution in [3.05, 3.63) is 40.6 Å². The van der Waals surface area contributed by atoms with Gasteiger partial charge in [0.15, 0.2) is 4.60 Å². The van der Waals surface area contributed by atoms with Gasteiger partial charge in [0, 0.05) is 25.0 Å². The Balaban J connectivity index is 2.15. The molecule has 1 atom stereocenters. The lowest BCUT2D eigenvalue weighted by Crippen LogP contribution is -2.07. The highest BCUT2D eigenvalue weighted by atomic mass is 79.9. The smallest absolute Gasteiger partial charge is 0.154 e. The van der Waals surface area contributed by atoms with Crippen molar-refractivity contribution in [3.63, 3.8) is 0 Å². The second kappa shape index (κ2) is 4.14. The second-order valence-corrected chi connectivity index (χ2v) is 4.55. The minimum Gasteiger partial charge on any atom is -0.382 e. The Morgan fingerprint density at radius 1 is 1.39 bits per heavy atom. The molecule has 0 aliphatic carbocycles. The fourth-order valence-corrected chi connectivity index (χ4v) is 2.38. The summed E-state index contributed by atoms with van der Waals surface area (Å²) in [5.41, 5.74) is 1.99. The highest BCUT2D eigenvalue weighted by Crippen LogP contribution is 2.28. The van der Waals surface area contributed by atoms with E-state index in [1.807, 2.05) is 0 Å². The van der Waals surface area contributed by atoms with Crippen molar-refractivity contribution in [1.29, 1.82) is 0 Å². The van der Waals surface area contributed by atoms with E-state index in [1.54, 1.807) is 36.4 Å². The molecular weight excluding hydrogens is 300 g/mol. The Hall–Kier alpha value is -1.80. The molecule has 1 N–H and O–H groups in total. The Morgan fingerprint density at radius 3 is 2.94 bits per heavy atom. The van der Waals surface area contributed by atoms with Crippen LogP contribution in [-0.4, -0.2) is 34.7 Å². The summed E-state index contributed by atoms with van der Waals surface area (Å²) in [5.74, 6) is 0. The molecule has 0 bridgehead atoms. The van der Waals surface area contributed by atoms with Crippen molar-refractivity contribution < 1.29 is 5.11 Å². The normalized spacial score (nSPS) is 13.1. The van der Waals surface area contributed by atoms with E-state index in [1.165, 1.54) is 4.68 Å². The van der Waals surface area contributed by atoms with E-state index in [-0.39, 0.29) is 0 Å². The van der Waals surface area contributed by atoms with Crippen LogP contribution in [0.25, 0.3) is 5.52 Å². The zero-order valence-corrected chi connectivity index (χ0v) is 11.0. The molecule has 3 aromatic heterocycles. The van der Waals surface area contributed by atoms with Gasteiger partial charge in [-0.15, -0.1) is 5.10 Å². The Kier molecular flexibility index (Phi) is 2.60. The standard InChI is InChI=1S/C10H9BrN6O/c1-16-8(10(11)14-15-16)9(18)6-4-13-17-3-2-12-5-7(6)17/h2-5,9,18H,1H3. The SMILES string of the molecule is Cn1nnc(Br)c1C(O)c1cnn2ccncc12. The van der Waals surface area contributed by atoms with Gasteiger partial charge in [-0.2, -0.15) is 5.10 Å². The molecule has 0 spiro atoms. The van der Waals surface area contributed by atoms with Crippen LogP contribution in [0, 0.1) is 0 Å². The van der Waals surface area contributed by atoms with Gasteiger partial charge < -0.3 is 5.11 Å². The summed E-state index contributed by atoms with van der Waals surface area (Å²) in [5, 5.41) is 22.3. The first-order valence-corrected chi connectivity index (χ1v) is 5.98. The number of hydrogen-bond acceptors (Lipinski definition) is 5. The number of aliphatic hydroxyl groups excluding tert-OH is 1. The average Bonchev–Trinajstić information content (AvgIpc) is 2.93. The Morgan fingerprint density at radius 2 is 2.22 bits per heavy atom. The molecule has 0 fully saturated rings. The van der Waals surface area contributed by atoms with Gasteiger partial charge in [0.25, 0.3) is 0 Å². The number of hydrogen-bond donors (Lipinski definition) is 1. The van der Waals surface area contributed by atoms with Crippen LogP contribution in [-0.2, 0) is 7.05 Å². The minimum atomic E-state index is -0.860. The average molecular weight is 309 g/mol. The van der Waals surface area contributed by atoms with Gasteiger partial charge in [-0.1, -0.05) is 5.21 Å². The summed E-state index contributed by atoms with van der Waals surface area (Å²) >= 11 is 3.27. The van der Waals surface area contributed by atoms with Crippen molar-refractivity contribution in [1.82, 2.24) is 29.6 Å². The van der Waals surface area contributed by atoms with Crippen LogP contribution in [0.15, 0.2) is 29.4 Å². The molecule has 0 aliphatic heterocycles. The first-order chi connectivity index (χ1) is 8.68. The minimum absolute atomic E-state index is 0.515. The summed E-state index contributed by atoms with van der Waals surface area (Å²) in [7, 11) is 1.72. The summed E-state index contributed by atoms with van der Waals surface area (Å²) in [6, 6.07) is 0. The maximum atomic E-state index is 10.4. The quantitative estimate of drug-likeness (QED) is 0.754. The van der Waals surface area contributed by atoms with E-state index in [0.717, 1.165) is 5.52 Å². The highest BCUT2D eigenvalue weighted by molar-refractivity contribution is 9.10. The predicted molar refractivity (Wildman–Crippen MR) is 65.8 cm³/mol. The molecule has 3 aromatic rings. The van der Waals surface area contributed by atoms with E-state index < -0.39 is 6.10 Å². The lowest BCUT2D eigenvalue weighted by Gasteiger charge is -2.09. The maximum absolute atomic E-state index is 10.4. The van der Waals surface area contributed by atoms with Crippen LogP contribution in [0.2, 0.25) is 0 Å². The van der Waals surface area contributed by atoms with Gasteiger partial charge in [0.05, 0.1) is 17.9 Å². The molecule has 3 rings (SSSR count). The first-order valence-electron chi connectivity index (χ1n) is 5.19. The molecule has 0 saturated heterocycles. The predicted octanol–water partition coefficient (Wildman–Crippen LogP) is 0.702. The van der Waals surface area contributed by atoms with Gasteiger partial charge in [-0.3, -0.25) is 4.98 Å². The number of aryl methyl sites for hydroxylation is 1. The van der Waals surface area contributed by atoms with E-state index in [4.69, 9.17) is 0 Å². The molecule has 0 aliphatic rings. The van der Waals surface area contributed by atoms with Crippen molar-refractivity contribution in [2.45, 2.75) is 6.10 Å². The molecule has 8 heteroatoms. The van der Waals surface area contributed by atoms with Crippen molar-refractivity contribution in [2.24, 2.45) is 7.05 Å². The molecule has 3 heterocycles. The maximum Gasteiger partial charge on any atom is 0.154 e. The monoisotopic (exact) mass is 308 g/mol. The molecule has 0 aromatic carbocycles. The molecular formula is C10H9BrN6O. The summed E-state index contributed by atoms with van der Waals surface area (Å²) < 4.78 is 3.69. The summed E-state index contributed by atoms with van der Waals surface area (Å²) in [6.45, 7) is 0. The number of aromatic nitrogens is 6. The van der Waals surface area contributed by atoms with Crippen molar-refractivity contribution >= 4 is 21.4 Å². The third-order valence-electron chi connectivity index (χ3n) is 2.73. The van der Waals surface area contributed by atoms with Crippen molar-refractivity contribution in [3.8, 4) is 0 Å². The van der Waals surface area contributed by atoms with Crippen LogP contribution in [0.4, 0.5) is 0 Å². The lowest BCUT2D eigenvalue weighted by molar-refractivity contribution is 0.210. The zero-order valence-electron chi connectivity index (χ0n) is 9.40. The topological polar surface area (TPSA) is 81.1 Å². The Labute approximate surface area is 110 Å². The van der Waals surface area contributed by atoms with Crippen LogP contribution in [0.1, 0.15) is 17.4 Å². The molecule has 1 unspecified atom stereocenters. The number of nitrogens with zero attached hydrogens (tertiary/aromatic N) is 6. The molecule has 18 heavy (non-hydrogen) atoms. The molecule has 92 valence electrons. The van der Waals surface area contributed by atoms with Crippen LogP contribution in [0.5, 0.6) is 0 Å². The number of halogens is 1. The van der Waals surface area contributed by atoms with Gasteiger partial charge in [0.2, 0.25) is 0 Å². The fourth-order valence-electron chi connectivity index (χ4n) is 1.84. The molecule has 0 saturated carbocycles. The van der Waals surface area contributed by atoms with Gasteiger partial charge in [0.1, 0.15) is 11.8 Å². The largest absolute Gasteiger partial charge is 0.382 e. The van der Waals surface area contributed by atoms with Crippen LogP contribution >= 0.6 is 15.9 Å². The van der Waals surface area contributed by atoms with Gasteiger partial charge in [-0.25, -0.2) is 9.20 Å². The summed E-state index contributed by atoms with van der Waals surface area (Å²) in [6.07, 6.45) is 5.77. The highest BCUT2D eigenvalue weighted by Gasteiger charge is 2.22. The van der Waals surface area contributed by atoms with Gasteiger partial charge >= 0.3 is 0 Å². The number of aliphatic hydroxyl groups is 1. The number of rotatable bonds is 2. The summed E-state index contributed by atoms with van der Waals surface area (Å²) in [4.78, 5) is 4.03. The third kappa shape index (κ3) is 1.61. The lowest BCUT2D eigenvalue weighted by atomic mass is 10.1. The Bertz CT molecular complexity index is 686. The van der Waals surface area contributed by atoms with Gasteiger partial charge in [-0.05, 0) is 15.9 Å². The van der Waals surface area contributed by atoms with E-state index in [9.17, 15) is 5.11 Å². The van der Waals surface area contributed by atoms with Crippen LogP contribution < -0.4 is 0 Å². The second-order valence-electron chi connectivity index (χ2n) is 3.80. The third-order valence-corrected chi connectivity index (χ3v) is 3.30. The molecule has 0 radical (unpaired) electrons. The van der Waals surface area contributed by atoms with Crippen LogP contribution in [0.3, 0.4) is 0 Å². The molecule has 7 nitrogen and oxygen atoms in total. The first kappa shape index (κ1) is 11.3. The fraction of sp³-hybridized carbons (Fsp3) is 0.200. The number of fused-ring (bicyclic) bond motifs is 1. The van der Waals surface area contributed by atoms with E-state index >= 15 is 0 Å². The van der Waals surface area contributed by atoms with E-state index in [0.29, 0.717) is 15.9 Å². The molecule has 0 amide bonds. The zero-order chi connectivity index (χ0) is 12.7. The van der Waals surface area contributed by atoms with E-state index in [2.05, 4.69) is 36.3 Å². The van der Waals surface area contributed by atoms with Crippen molar-refractivity contribution in [2.75, 3.05) is 0 Å².